The molecule has 0 radical (unpaired) electrons. The molecule has 0 spiro atoms. The number of rotatable bonds is 4. The minimum atomic E-state index is -0.858. The average Bonchev–Trinajstić information content (AvgIpc) is 3.16. The van der Waals surface area contributed by atoms with Crippen LogP contribution in [0.25, 0.3) is 10.8 Å². The van der Waals surface area contributed by atoms with Crippen molar-refractivity contribution in [1.82, 2.24) is 10.2 Å². The van der Waals surface area contributed by atoms with E-state index in [2.05, 4.69) is 26.1 Å². The van der Waals surface area contributed by atoms with E-state index in [1.54, 1.807) is 0 Å². The van der Waals surface area contributed by atoms with E-state index in [9.17, 15) is 9.18 Å². The predicted molar refractivity (Wildman–Crippen MR) is 85.8 cm³/mol. The number of ether oxygens (including phenoxy) is 1. The normalized spacial score (nSPS) is 10.7. The Hall–Kier alpha value is -1.77. The van der Waals surface area contributed by atoms with Crippen molar-refractivity contribution >= 4 is 44.8 Å². The summed E-state index contributed by atoms with van der Waals surface area (Å²) in [6.07, 6.45) is 0. The standard InChI is InChI=1S/C14H7BrClFN2O3S/c15-11-4-3-10(23-11)13-19-18-12(22-13)6-21-14(20)8-5-7(16)1-2-9(8)17/h1-5H,6H2. The van der Waals surface area contributed by atoms with Crippen molar-refractivity contribution in [1.29, 1.82) is 0 Å². The molecule has 0 unspecified atom stereocenters. The second kappa shape index (κ2) is 6.77. The fraction of sp³-hybridized carbons (Fsp3) is 0.0714. The van der Waals surface area contributed by atoms with Gasteiger partial charge in [0.1, 0.15) is 5.82 Å². The lowest BCUT2D eigenvalue weighted by Crippen LogP contribution is -2.07. The smallest absolute Gasteiger partial charge is 0.341 e. The van der Waals surface area contributed by atoms with Gasteiger partial charge >= 0.3 is 5.97 Å². The molecule has 5 nitrogen and oxygen atoms in total. The van der Waals surface area contributed by atoms with Crippen molar-refractivity contribution in [2.24, 2.45) is 0 Å². The summed E-state index contributed by atoms with van der Waals surface area (Å²) in [6.45, 7) is -0.260. The molecule has 118 valence electrons. The van der Waals surface area contributed by atoms with Crippen molar-refractivity contribution < 1.29 is 18.3 Å². The molecule has 0 atom stereocenters. The van der Waals surface area contributed by atoms with Crippen LogP contribution in [0.3, 0.4) is 0 Å². The zero-order chi connectivity index (χ0) is 16.4. The first-order chi connectivity index (χ1) is 11.0. The van der Waals surface area contributed by atoms with E-state index in [4.69, 9.17) is 20.8 Å². The Balaban J connectivity index is 1.68. The predicted octanol–water partition coefficient (Wildman–Crippen LogP) is 4.71. The van der Waals surface area contributed by atoms with E-state index in [0.717, 1.165) is 14.7 Å². The van der Waals surface area contributed by atoms with Gasteiger partial charge in [-0.25, -0.2) is 9.18 Å². The van der Waals surface area contributed by atoms with E-state index < -0.39 is 11.8 Å². The Kier molecular flexibility index (Phi) is 4.74. The molecule has 0 aliphatic rings. The molecule has 2 heterocycles. The van der Waals surface area contributed by atoms with E-state index in [1.165, 1.54) is 23.5 Å². The first kappa shape index (κ1) is 16.1. The largest absolute Gasteiger partial charge is 0.452 e. The van der Waals surface area contributed by atoms with Crippen LogP contribution in [0.4, 0.5) is 4.39 Å². The summed E-state index contributed by atoms with van der Waals surface area (Å²) in [5, 5.41) is 7.89. The Morgan fingerprint density at radius 1 is 1.35 bits per heavy atom. The number of esters is 1. The molecule has 0 saturated carbocycles. The Bertz CT molecular complexity index is 867. The van der Waals surface area contributed by atoms with Gasteiger partial charge < -0.3 is 9.15 Å². The van der Waals surface area contributed by atoms with Crippen LogP contribution in [0.1, 0.15) is 16.2 Å². The number of carbonyl (C=O) groups excluding carboxylic acids is 1. The maximum atomic E-state index is 13.6. The van der Waals surface area contributed by atoms with E-state index >= 15 is 0 Å². The molecule has 0 amide bonds. The number of hydrogen-bond donors (Lipinski definition) is 0. The lowest BCUT2D eigenvalue weighted by atomic mass is 10.2. The van der Waals surface area contributed by atoms with Crippen molar-refractivity contribution in [2.45, 2.75) is 6.61 Å². The molecule has 0 bridgehead atoms. The maximum Gasteiger partial charge on any atom is 0.341 e. The third-order valence-electron chi connectivity index (χ3n) is 2.73. The lowest BCUT2D eigenvalue weighted by Gasteiger charge is -2.03. The van der Waals surface area contributed by atoms with Crippen LogP contribution >= 0.6 is 38.9 Å². The monoisotopic (exact) mass is 416 g/mol. The van der Waals surface area contributed by atoms with Gasteiger partial charge in [0.05, 0.1) is 14.2 Å². The molecule has 2 aromatic heterocycles. The summed E-state index contributed by atoms with van der Waals surface area (Å²) in [6, 6.07) is 7.31. The third kappa shape index (κ3) is 3.77. The highest BCUT2D eigenvalue weighted by atomic mass is 79.9. The van der Waals surface area contributed by atoms with Crippen LogP contribution < -0.4 is 0 Å². The third-order valence-corrected chi connectivity index (χ3v) is 4.57. The van der Waals surface area contributed by atoms with Crippen molar-refractivity contribution in [3.05, 3.63) is 56.4 Å². The zero-order valence-electron chi connectivity index (χ0n) is 11.3. The summed E-state index contributed by atoms with van der Waals surface area (Å²) in [4.78, 5) is 12.6. The van der Waals surface area contributed by atoms with Gasteiger partial charge in [0.2, 0.25) is 0 Å². The van der Waals surface area contributed by atoms with Crippen LogP contribution in [0.15, 0.2) is 38.5 Å². The van der Waals surface area contributed by atoms with Crippen molar-refractivity contribution in [2.75, 3.05) is 0 Å². The molecule has 9 heteroatoms. The summed E-state index contributed by atoms with van der Waals surface area (Å²) in [7, 11) is 0. The first-order valence-electron chi connectivity index (χ1n) is 6.23. The van der Waals surface area contributed by atoms with Crippen molar-refractivity contribution in [3.8, 4) is 10.8 Å². The lowest BCUT2D eigenvalue weighted by molar-refractivity contribution is 0.0433. The summed E-state index contributed by atoms with van der Waals surface area (Å²) in [5.41, 5.74) is -0.251. The molecular weight excluding hydrogens is 411 g/mol. The van der Waals surface area contributed by atoms with Gasteiger partial charge in [0.25, 0.3) is 11.8 Å². The molecule has 0 saturated heterocycles. The molecule has 3 rings (SSSR count). The van der Waals surface area contributed by atoms with Gasteiger partial charge in [-0.05, 0) is 46.3 Å². The minimum Gasteiger partial charge on any atom is -0.452 e. The highest BCUT2D eigenvalue weighted by molar-refractivity contribution is 9.11. The van der Waals surface area contributed by atoms with E-state index in [0.29, 0.717) is 5.89 Å². The van der Waals surface area contributed by atoms with Gasteiger partial charge in [0, 0.05) is 5.02 Å². The highest BCUT2D eigenvalue weighted by Gasteiger charge is 2.16. The van der Waals surface area contributed by atoms with Crippen LogP contribution in [0, 0.1) is 5.82 Å². The Morgan fingerprint density at radius 2 is 2.17 bits per heavy atom. The van der Waals surface area contributed by atoms with E-state index in [-0.39, 0.29) is 23.1 Å². The van der Waals surface area contributed by atoms with Crippen LogP contribution in [-0.2, 0) is 11.3 Å². The molecular formula is C14H7BrClFN2O3S. The van der Waals surface area contributed by atoms with Gasteiger partial charge in [-0.1, -0.05) is 11.6 Å². The molecule has 0 N–H and O–H groups in total. The summed E-state index contributed by atoms with van der Waals surface area (Å²) >= 11 is 10.5. The summed E-state index contributed by atoms with van der Waals surface area (Å²) < 4.78 is 24.8. The average molecular weight is 418 g/mol. The molecule has 0 aliphatic carbocycles. The topological polar surface area (TPSA) is 65.2 Å². The van der Waals surface area contributed by atoms with Gasteiger partial charge in [-0.2, -0.15) is 0 Å². The number of nitrogens with zero attached hydrogens (tertiary/aromatic N) is 2. The second-order valence-corrected chi connectivity index (χ2v) is 7.20. The van der Waals surface area contributed by atoms with Crippen molar-refractivity contribution in [3.63, 3.8) is 0 Å². The van der Waals surface area contributed by atoms with Crippen LogP contribution in [0.2, 0.25) is 5.02 Å². The van der Waals surface area contributed by atoms with Crippen LogP contribution in [0.5, 0.6) is 0 Å². The maximum absolute atomic E-state index is 13.6. The zero-order valence-corrected chi connectivity index (χ0v) is 14.4. The van der Waals surface area contributed by atoms with Gasteiger partial charge in [-0.3, -0.25) is 0 Å². The SMILES string of the molecule is O=C(OCc1nnc(-c2ccc(Br)s2)o1)c1cc(Cl)ccc1F. The van der Waals surface area contributed by atoms with Crippen LogP contribution in [-0.4, -0.2) is 16.2 Å². The summed E-state index contributed by atoms with van der Waals surface area (Å²) in [5.74, 6) is -1.14. The highest BCUT2D eigenvalue weighted by Crippen LogP contribution is 2.30. The Labute approximate surface area is 147 Å². The number of thiophene rings is 1. The Morgan fingerprint density at radius 3 is 2.91 bits per heavy atom. The van der Waals surface area contributed by atoms with Gasteiger partial charge in [0.15, 0.2) is 6.61 Å². The first-order valence-corrected chi connectivity index (χ1v) is 8.22. The number of aromatic nitrogens is 2. The number of hydrogen-bond acceptors (Lipinski definition) is 6. The number of benzene rings is 1. The molecule has 3 aromatic rings. The molecule has 0 aliphatic heterocycles. The molecule has 1 aromatic carbocycles. The fourth-order valence-corrected chi connectivity index (χ4v) is 3.18. The number of carbonyl (C=O) groups is 1. The van der Waals surface area contributed by atoms with Gasteiger partial charge in [-0.15, -0.1) is 21.5 Å². The molecule has 0 fully saturated rings. The minimum absolute atomic E-state index is 0.111. The number of halogens is 3. The second-order valence-electron chi connectivity index (χ2n) is 4.31. The quantitative estimate of drug-likeness (QED) is 0.575. The molecule has 23 heavy (non-hydrogen) atoms. The van der Waals surface area contributed by atoms with E-state index in [1.807, 2.05) is 12.1 Å². The fourth-order valence-electron chi connectivity index (χ4n) is 1.70.